The second kappa shape index (κ2) is 11.6. The second-order valence-corrected chi connectivity index (χ2v) is 12.3. The molecule has 224 valence electrons. The van der Waals surface area contributed by atoms with Gasteiger partial charge in [0.1, 0.15) is 21.8 Å². The Morgan fingerprint density at radius 2 is 1.64 bits per heavy atom. The number of nitrogens with zero attached hydrogens (tertiary/aromatic N) is 3. The highest BCUT2D eigenvalue weighted by atomic mass is 32.1. The third-order valence-corrected chi connectivity index (χ3v) is 9.43. The number of hydrogen-bond donors (Lipinski definition) is 3. The van der Waals surface area contributed by atoms with Crippen LogP contribution in [0.5, 0.6) is 0 Å². The van der Waals surface area contributed by atoms with Crippen LogP contribution in [0.1, 0.15) is 55.1 Å². The Morgan fingerprint density at radius 1 is 0.911 bits per heavy atom. The number of para-hydroxylation sites is 1. The predicted molar refractivity (Wildman–Crippen MR) is 176 cm³/mol. The first-order valence-corrected chi connectivity index (χ1v) is 15.7. The molecule has 0 radical (unpaired) electrons. The minimum Gasteiger partial charge on any atom is -0.322 e. The van der Waals surface area contributed by atoms with Crippen LogP contribution in [0.25, 0.3) is 16.7 Å². The molecule has 0 fully saturated rings. The lowest BCUT2D eigenvalue weighted by Crippen LogP contribution is -2.32. The van der Waals surface area contributed by atoms with Gasteiger partial charge in [-0.25, -0.2) is 4.98 Å². The molecule has 4 aromatic heterocycles. The Bertz CT molecular complexity index is 2240. The first-order chi connectivity index (χ1) is 21.9. The number of fused-ring (bicyclic) bond motifs is 3. The van der Waals surface area contributed by atoms with Crippen LogP contribution >= 0.6 is 11.3 Å². The molecule has 2 amide bonds. The summed E-state index contributed by atoms with van der Waals surface area (Å²) in [4.78, 5) is 47.4. The molecule has 7 rings (SSSR count). The fourth-order valence-corrected chi connectivity index (χ4v) is 7.25. The molecule has 0 spiro atoms. The van der Waals surface area contributed by atoms with Crippen molar-refractivity contribution in [3.05, 3.63) is 134 Å². The number of anilines is 2. The van der Waals surface area contributed by atoms with Gasteiger partial charge in [0.15, 0.2) is 0 Å². The molecule has 6 aromatic rings. The van der Waals surface area contributed by atoms with E-state index >= 15 is 0 Å². The van der Waals surface area contributed by atoms with Crippen molar-refractivity contribution in [3.8, 4) is 0 Å². The Kier molecular flexibility index (Phi) is 7.34. The molecule has 10 heteroatoms. The maximum Gasteiger partial charge on any atom is 0.267 e. The summed E-state index contributed by atoms with van der Waals surface area (Å²) >= 11 is 1.41. The molecule has 45 heavy (non-hydrogen) atoms. The molecule has 0 atom stereocenters. The molecular weight excluding hydrogens is 584 g/mol. The SMILES string of the molecule is Cc1cccn2c(=O)c3cc(C(=O)Nc4sc5c(c4C(=O)Nc4ccccc4)CCCC5)c(=N)n(Cc4ccccc4)c3nc12. The molecule has 2 aromatic carbocycles. The van der Waals surface area contributed by atoms with Crippen LogP contribution in [0.3, 0.4) is 0 Å². The van der Waals surface area contributed by atoms with E-state index < -0.39 is 5.91 Å². The van der Waals surface area contributed by atoms with E-state index in [0.717, 1.165) is 47.3 Å². The quantitative estimate of drug-likeness (QED) is 0.201. The van der Waals surface area contributed by atoms with Gasteiger partial charge in [0.2, 0.25) is 0 Å². The second-order valence-electron chi connectivity index (χ2n) is 11.2. The van der Waals surface area contributed by atoms with Crippen molar-refractivity contribution in [3.63, 3.8) is 0 Å². The predicted octanol–water partition coefficient (Wildman–Crippen LogP) is 5.93. The van der Waals surface area contributed by atoms with Gasteiger partial charge in [-0.15, -0.1) is 11.3 Å². The van der Waals surface area contributed by atoms with Gasteiger partial charge >= 0.3 is 0 Å². The molecule has 1 aliphatic rings. The summed E-state index contributed by atoms with van der Waals surface area (Å²) in [6.07, 6.45) is 5.24. The minimum atomic E-state index is -0.565. The monoisotopic (exact) mass is 614 g/mol. The van der Waals surface area contributed by atoms with Gasteiger partial charge < -0.3 is 15.2 Å². The zero-order chi connectivity index (χ0) is 31.1. The Morgan fingerprint density at radius 3 is 2.42 bits per heavy atom. The van der Waals surface area contributed by atoms with Crippen LogP contribution in [0.4, 0.5) is 10.7 Å². The lowest BCUT2D eigenvalue weighted by Gasteiger charge is -2.16. The normalized spacial score (nSPS) is 12.6. The summed E-state index contributed by atoms with van der Waals surface area (Å²) < 4.78 is 3.07. The van der Waals surface area contributed by atoms with E-state index in [4.69, 9.17) is 4.98 Å². The van der Waals surface area contributed by atoms with Crippen LogP contribution in [-0.4, -0.2) is 25.8 Å². The molecule has 0 saturated carbocycles. The van der Waals surface area contributed by atoms with Crippen LogP contribution < -0.4 is 21.7 Å². The average molecular weight is 615 g/mol. The zero-order valence-corrected chi connectivity index (χ0v) is 25.4. The number of hydrogen-bond acceptors (Lipinski definition) is 6. The average Bonchev–Trinajstić information content (AvgIpc) is 3.42. The van der Waals surface area contributed by atoms with Gasteiger partial charge in [-0.05, 0) is 73.6 Å². The van der Waals surface area contributed by atoms with Crippen molar-refractivity contribution in [1.82, 2.24) is 14.0 Å². The number of rotatable bonds is 6. The highest BCUT2D eigenvalue weighted by Crippen LogP contribution is 2.38. The summed E-state index contributed by atoms with van der Waals surface area (Å²) in [5, 5.41) is 15.8. The number of nitrogens with one attached hydrogen (secondary N) is 3. The van der Waals surface area contributed by atoms with E-state index in [1.54, 1.807) is 16.8 Å². The lowest BCUT2D eigenvalue weighted by molar-refractivity contribution is 0.102. The van der Waals surface area contributed by atoms with Crippen molar-refractivity contribution in [2.45, 2.75) is 39.2 Å². The third-order valence-electron chi connectivity index (χ3n) is 8.22. The molecule has 0 bridgehead atoms. The van der Waals surface area contributed by atoms with Gasteiger partial charge in [-0.3, -0.25) is 24.2 Å². The zero-order valence-electron chi connectivity index (χ0n) is 24.6. The van der Waals surface area contributed by atoms with E-state index in [1.165, 1.54) is 21.8 Å². The number of amides is 2. The minimum absolute atomic E-state index is 0.0192. The molecule has 1 aliphatic carbocycles. The third kappa shape index (κ3) is 5.23. The number of thiophene rings is 1. The highest BCUT2D eigenvalue weighted by Gasteiger charge is 2.28. The van der Waals surface area contributed by atoms with Crippen LogP contribution in [0, 0.1) is 12.3 Å². The Hall–Kier alpha value is -5.35. The Balaban J connectivity index is 1.35. The molecule has 0 unspecified atom stereocenters. The van der Waals surface area contributed by atoms with Gasteiger partial charge in [0, 0.05) is 16.8 Å². The first kappa shape index (κ1) is 28.4. The fraction of sp³-hybridized carbons (Fsp3) is 0.171. The van der Waals surface area contributed by atoms with Crippen LogP contribution in [-0.2, 0) is 19.4 Å². The summed E-state index contributed by atoms with van der Waals surface area (Å²) in [6, 6.07) is 23.9. The van der Waals surface area contributed by atoms with E-state index in [0.29, 0.717) is 27.5 Å². The van der Waals surface area contributed by atoms with E-state index in [9.17, 15) is 19.8 Å². The number of pyridine rings is 2. The number of aryl methyl sites for hydroxylation is 2. The van der Waals surface area contributed by atoms with Crippen molar-refractivity contribution in [2.75, 3.05) is 10.6 Å². The number of aromatic nitrogens is 3. The van der Waals surface area contributed by atoms with Crippen molar-refractivity contribution >= 4 is 50.5 Å². The maximum atomic E-state index is 14.1. The van der Waals surface area contributed by atoms with Crippen molar-refractivity contribution in [2.24, 2.45) is 0 Å². The summed E-state index contributed by atoms with van der Waals surface area (Å²) in [5.41, 5.74) is 4.23. The van der Waals surface area contributed by atoms with E-state index in [-0.39, 0.29) is 34.4 Å². The molecule has 4 heterocycles. The first-order valence-electron chi connectivity index (χ1n) is 14.9. The van der Waals surface area contributed by atoms with Gasteiger partial charge in [0.05, 0.1) is 23.1 Å². The lowest BCUT2D eigenvalue weighted by atomic mass is 9.95. The van der Waals surface area contributed by atoms with E-state index in [2.05, 4.69) is 10.6 Å². The number of carbonyl (C=O) groups excluding carboxylic acids is 2. The Labute approximate surface area is 262 Å². The largest absolute Gasteiger partial charge is 0.322 e. The standard InChI is InChI=1S/C35H30N6O3S/c1-21-11-10-18-40-30(21)38-31-26(35(40)44)19-25(29(36)41(31)20-22-12-4-2-5-13-22)32(42)39-34-28(24-16-8-9-17-27(24)45-34)33(43)37-23-14-6-3-7-15-23/h2-7,10-15,18-19,36H,8-9,16-17,20H2,1H3,(H,37,43)(H,39,42). The highest BCUT2D eigenvalue weighted by molar-refractivity contribution is 7.17. The van der Waals surface area contributed by atoms with E-state index in [1.807, 2.05) is 73.7 Å². The van der Waals surface area contributed by atoms with Gasteiger partial charge in [-0.1, -0.05) is 54.6 Å². The molecule has 9 nitrogen and oxygen atoms in total. The van der Waals surface area contributed by atoms with Crippen molar-refractivity contribution in [1.29, 1.82) is 5.41 Å². The smallest absolute Gasteiger partial charge is 0.267 e. The van der Waals surface area contributed by atoms with Gasteiger partial charge in [-0.2, -0.15) is 0 Å². The topological polar surface area (TPSA) is 121 Å². The number of benzene rings is 2. The summed E-state index contributed by atoms with van der Waals surface area (Å²) in [7, 11) is 0. The molecule has 0 saturated heterocycles. The fourth-order valence-electron chi connectivity index (χ4n) is 5.97. The molecule has 3 N–H and O–H groups in total. The summed E-state index contributed by atoms with van der Waals surface area (Å²) in [6.45, 7) is 2.12. The molecular formula is C35H30N6O3S. The van der Waals surface area contributed by atoms with Crippen LogP contribution in [0.2, 0.25) is 0 Å². The van der Waals surface area contributed by atoms with Crippen LogP contribution in [0.15, 0.2) is 89.9 Å². The van der Waals surface area contributed by atoms with Crippen molar-refractivity contribution < 1.29 is 9.59 Å². The maximum absolute atomic E-state index is 14.1. The van der Waals surface area contributed by atoms with Gasteiger partial charge in [0.25, 0.3) is 17.4 Å². The number of carbonyl (C=O) groups is 2. The summed E-state index contributed by atoms with van der Waals surface area (Å²) in [5.74, 6) is -0.853. The molecule has 0 aliphatic heterocycles.